The Hall–Kier alpha value is -0.120. The Morgan fingerprint density at radius 1 is 1.39 bits per heavy atom. The van der Waals surface area contributed by atoms with Crippen molar-refractivity contribution in [3.63, 3.8) is 0 Å². The van der Waals surface area contributed by atoms with E-state index in [1.165, 1.54) is 32.1 Å². The summed E-state index contributed by atoms with van der Waals surface area (Å²) < 4.78 is 11.6. The van der Waals surface area contributed by atoms with Crippen LogP contribution >= 0.6 is 0 Å². The third kappa shape index (κ3) is 3.46. The summed E-state index contributed by atoms with van der Waals surface area (Å²) >= 11 is 0. The maximum Gasteiger partial charge on any atom is 0.0685 e. The summed E-state index contributed by atoms with van der Waals surface area (Å²) in [5, 5.41) is 3.50. The zero-order valence-electron chi connectivity index (χ0n) is 12.0. The van der Waals surface area contributed by atoms with Crippen molar-refractivity contribution in [2.75, 3.05) is 26.9 Å². The standard InChI is InChI=1S/C15H29NO2/c1-3-9-17-10-6-14(16-2)13-5-11-18-15(12-13)7-4-8-15/h13-14,16H,3-12H2,1-2H3. The van der Waals surface area contributed by atoms with Gasteiger partial charge in [0.25, 0.3) is 0 Å². The predicted octanol–water partition coefficient (Wildman–Crippen LogP) is 2.74. The first kappa shape index (κ1) is 14.3. The average Bonchev–Trinajstić information content (AvgIpc) is 2.37. The van der Waals surface area contributed by atoms with Gasteiger partial charge in [0.15, 0.2) is 0 Å². The van der Waals surface area contributed by atoms with Crippen molar-refractivity contribution in [3.05, 3.63) is 0 Å². The quantitative estimate of drug-likeness (QED) is 0.710. The summed E-state index contributed by atoms with van der Waals surface area (Å²) in [6, 6.07) is 0.600. The molecule has 3 heteroatoms. The highest BCUT2D eigenvalue weighted by molar-refractivity contribution is 4.96. The van der Waals surface area contributed by atoms with Gasteiger partial charge in [-0.15, -0.1) is 0 Å². The van der Waals surface area contributed by atoms with E-state index in [0.29, 0.717) is 6.04 Å². The molecule has 2 atom stereocenters. The van der Waals surface area contributed by atoms with Gasteiger partial charge in [-0.1, -0.05) is 6.92 Å². The third-order valence-electron chi connectivity index (χ3n) is 4.66. The van der Waals surface area contributed by atoms with Gasteiger partial charge in [-0.2, -0.15) is 0 Å². The van der Waals surface area contributed by atoms with Gasteiger partial charge in [0, 0.05) is 25.9 Å². The van der Waals surface area contributed by atoms with Crippen molar-refractivity contribution in [1.29, 1.82) is 0 Å². The second kappa shape index (κ2) is 6.88. The number of nitrogens with one attached hydrogen (secondary N) is 1. The molecular formula is C15H29NO2. The highest BCUT2D eigenvalue weighted by Crippen LogP contribution is 2.45. The molecule has 1 aliphatic carbocycles. The second-order valence-electron chi connectivity index (χ2n) is 5.93. The van der Waals surface area contributed by atoms with E-state index < -0.39 is 0 Å². The molecule has 0 radical (unpaired) electrons. The molecule has 2 unspecified atom stereocenters. The Morgan fingerprint density at radius 3 is 2.83 bits per heavy atom. The molecule has 18 heavy (non-hydrogen) atoms. The maximum atomic E-state index is 6.01. The van der Waals surface area contributed by atoms with Crippen molar-refractivity contribution in [2.24, 2.45) is 5.92 Å². The Morgan fingerprint density at radius 2 is 2.22 bits per heavy atom. The van der Waals surface area contributed by atoms with Crippen LogP contribution in [0, 0.1) is 5.92 Å². The van der Waals surface area contributed by atoms with Gasteiger partial charge in [-0.25, -0.2) is 0 Å². The molecule has 1 heterocycles. The first-order valence-corrected chi connectivity index (χ1v) is 7.68. The van der Waals surface area contributed by atoms with Gasteiger partial charge in [-0.05, 0) is 57.9 Å². The van der Waals surface area contributed by atoms with Crippen LogP contribution in [0.3, 0.4) is 0 Å². The van der Waals surface area contributed by atoms with Gasteiger partial charge < -0.3 is 14.8 Å². The summed E-state index contributed by atoms with van der Waals surface area (Å²) in [4.78, 5) is 0. The minimum absolute atomic E-state index is 0.266. The van der Waals surface area contributed by atoms with Crippen LogP contribution in [0.5, 0.6) is 0 Å². The van der Waals surface area contributed by atoms with E-state index >= 15 is 0 Å². The van der Waals surface area contributed by atoms with E-state index in [9.17, 15) is 0 Å². The summed E-state index contributed by atoms with van der Waals surface area (Å²) in [6.07, 6.45) is 8.64. The number of hydrogen-bond acceptors (Lipinski definition) is 3. The fourth-order valence-electron chi connectivity index (χ4n) is 3.40. The van der Waals surface area contributed by atoms with Gasteiger partial charge in [-0.3, -0.25) is 0 Å². The normalized spacial score (nSPS) is 28.0. The molecule has 2 fully saturated rings. The van der Waals surface area contributed by atoms with E-state index in [0.717, 1.165) is 38.6 Å². The molecule has 3 nitrogen and oxygen atoms in total. The zero-order valence-corrected chi connectivity index (χ0v) is 12.0. The molecule has 1 saturated carbocycles. The lowest BCUT2D eigenvalue weighted by Gasteiger charge is -2.48. The molecule has 2 aliphatic rings. The summed E-state index contributed by atoms with van der Waals surface area (Å²) in [7, 11) is 2.09. The molecule has 106 valence electrons. The maximum absolute atomic E-state index is 6.01. The Balaban J connectivity index is 1.76. The van der Waals surface area contributed by atoms with Crippen molar-refractivity contribution < 1.29 is 9.47 Å². The van der Waals surface area contributed by atoms with Crippen LogP contribution < -0.4 is 5.32 Å². The van der Waals surface area contributed by atoms with Crippen LogP contribution in [0.1, 0.15) is 51.9 Å². The Labute approximate surface area is 112 Å². The predicted molar refractivity (Wildman–Crippen MR) is 73.8 cm³/mol. The summed E-state index contributed by atoms with van der Waals surface area (Å²) in [5.74, 6) is 0.772. The summed E-state index contributed by atoms with van der Waals surface area (Å²) in [6.45, 7) is 4.91. The fourth-order valence-corrected chi connectivity index (χ4v) is 3.40. The summed E-state index contributed by atoms with van der Waals surface area (Å²) in [5.41, 5.74) is 0.266. The Kier molecular flexibility index (Phi) is 5.46. The fraction of sp³-hybridized carbons (Fsp3) is 1.00. The van der Waals surface area contributed by atoms with Gasteiger partial charge >= 0.3 is 0 Å². The van der Waals surface area contributed by atoms with Crippen molar-refractivity contribution in [1.82, 2.24) is 5.32 Å². The number of rotatable bonds is 7. The SMILES string of the molecule is CCCOCCC(NC)C1CCOC2(CCC2)C1. The van der Waals surface area contributed by atoms with E-state index in [4.69, 9.17) is 9.47 Å². The van der Waals surface area contributed by atoms with Crippen molar-refractivity contribution in [2.45, 2.75) is 63.5 Å². The van der Waals surface area contributed by atoms with Crippen LogP contribution in [-0.2, 0) is 9.47 Å². The van der Waals surface area contributed by atoms with E-state index in [2.05, 4.69) is 19.3 Å². The largest absolute Gasteiger partial charge is 0.381 e. The van der Waals surface area contributed by atoms with Gasteiger partial charge in [0.05, 0.1) is 5.60 Å². The monoisotopic (exact) mass is 255 g/mol. The number of hydrogen-bond donors (Lipinski definition) is 1. The van der Waals surface area contributed by atoms with Crippen LogP contribution in [0.15, 0.2) is 0 Å². The average molecular weight is 255 g/mol. The molecule has 2 rings (SSSR count). The molecule has 1 spiro atoms. The van der Waals surface area contributed by atoms with Crippen LogP contribution in [0.2, 0.25) is 0 Å². The van der Waals surface area contributed by atoms with Crippen molar-refractivity contribution >= 4 is 0 Å². The lowest BCUT2D eigenvalue weighted by atomic mass is 9.70. The van der Waals surface area contributed by atoms with E-state index in [1.807, 2.05) is 0 Å². The van der Waals surface area contributed by atoms with Crippen LogP contribution in [0.4, 0.5) is 0 Å². The first-order valence-electron chi connectivity index (χ1n) is 7.68. The lowest BCUT2D eigenvalue weighted by Crippen LogP contribution is -2.50. The minimum Gasteiger partial charge on any atom is -0.381 e. The zero-order chi connectivity index (χ0) is 12.8. The van der Waals surface area contributed by atoms with Crippen molar-refractivity contribution in [3.8, 4) is 0 Å². The van der Waals surface area contributed by atoms with E-state index in [1.54, 1.807) is 0 Å². The molecule has 0 aromatic heterocycles. The topological polar surface area (TPSA) is 30.5 Å². The molecule has 1 N–H and O–H groups in total. The second-order valence-corrected chi connectivity index (χ2v) is 5.93. The molecule has 0 amide bonds. The minimum atomic E-state index is 0.266. The van der Waals surface area contributed by atoms with Gasteiger partial charge in [0.2, 0.25) is 0 Å². The molecule has 1 saturated heterocycles. The smallest absolute Gasteiger partial charge is 0.0685 e. The number of ether oxygens (including phenoxy) is 2. The molecule has 0 aromatic carbocycles. The Bertz CT molecular complexity index is 241. The van der Waals surface area contributed by atoms with Crippen LogP contribution in [-0.4, -0.2) is 38.5 Å². The highest BCUT2D eigenvalue weighted by Gasteiger charge is 2.43. The van der Waals surface area contributed by atoms with Crippen LogP contribution in [0.25, 0.3) is 0 Å². The molecular weight excluding hydrogens is 226 g/mol. The van der Waals surface area contributed by atoms with Gasteiger partial charge in [0.1, 0.15) is 0 Å². The first-order chi connectivity index (χ1) is 8.79. The van der Waals surface area contributed by atoms with E-state index in [-0.39, 0.29) is 5.60 Å². The third-order valence-corrected chi connectivity index (χ3v) is 4.66. The lowest BCUT2D eigenvalue weighted by molar-refractivity contribution is -0.147. The molecule has 0 bridgehead atoms. The molecule has 0 aromatic rings. The highest BCUT2D eigenvalue weighted by atomic mass is 16.5. The molecule has 1 aliphatic heterocycles.